The Morgan fingerprint density at radius 1 is 1.11 bits per heavy atom. The van der Waals surface area contributed by atoms with Crippen LogP contribution in [-0.4, -0.2) is 12.1 Å². The molecule has 0 heterocycles. The Bertz CT molecular complexity index is 319. The van der Waals surface area contributed by atoms with Crippen molar-refractivity contribution in [2.24, 2.45) is 5.73 Å². The molecule has 3 N–H and O–H groups in total. The monoisotopic (exact) mass is 290 g/mol. The minimum Gasteiger partial charge on any atom is -0.326 e. The Balaban J connectivity index is 0.00000144. The summed E-state index contributed by atoms with van der Waals surface area (Å²) in [7, 11) is 0. The van der Waals surface area contributed by atoms with Crippen LogP contribution in [0, 0.1) is 0 Å². The van der Waals surface area contributed by atoms with E-state index in [2.05, 4.69) is 42.6 Å². The Morgan fingerprint density at radius 2 is 1.72 bits per heavy atom. The Labute approximate surface area is 123 Å². The largest absolute Gasteiger partial charge is 0.326 e. The predicted octanol–water partition coefficient (Wildman–Crippen LogP) is 3.45. The van der Waals surface area contributed by atoms with Crippen LogP contribution in [0.15, 0.2) is 30.3 Å². The van der Waals surface area contributed by atoms with E-state index < -0.39 is 0 Å². The molecule has 0 amide bonds. The molecular formula is C14H24Cl2N2. The zero-order chi connectivity index (χ0) is 11.4. The molecule has 0 aromatic heterocycles. The van der Waals surface area contributed by atoms with Gasteiger partial charge in [-0.3, -0.25) is 0 Å². The highest BCUT2D eigenvalue weighted by atomic mass is 35.5. The second kappa shape index (κ2) is 8.76. The first-order valence-electron chi connectivity index (χ1n) is 6.34. The molecule has 2 nitrogen and oxygen atoms in total. The molecule has 0 saturated heterocycles. The Morgan fingerprint density at radius 3 is 2.33 bits per heavy atom. The second-order valence-corrected chi connectivity index (χ2v) is 4.85. The fraction of sp³-hybridized carbons (Fsp3) is 0.571. The van der Waals surface area contributed by atoms with Crippen molar-refractivity contribution in [1.29, 1.82) is 0 Å². The lowest BCUT2D eigenvalue weighted by Gasteiger charge is -2.32. The minimum atomic E-state index is 0. The van der Waals surface area contributed by atoms with Crippen LogP contribution in [0.5, 0.6) is 0 Å². The van der Waals surface area contributed by atoms with E-state index in [9.17, 15) is 0 Å². The number of rotatable bonds is 3. The van der Waals surface area contributed by atoms with Gasteiger partial charge in [-0.25, -0.2) is 0 Å². The van der Waals surface area contributed by atoms with Gasteiger partial charge in [0.05, 0.1) is 0 Å². The van der Waals surface area contributed by atoms with E-state index in [0.717, 1.165) is 0 Å². The van der Waals surface area contributed by atoms with Gasteiger partial charge < -0.3 is 11.1 Å². The molecule has 1 aromatic rings. The van der Waals surface area contributed by atoms with Crippen LogP contribution in [0.1, 0.15) is 44.2 Å². The second-order valence-electron chi connectivity index (χ2n) is 4.85. The molecule has 18 heavy (non-hydrogen) atoms. The molecule has 1 saturated carbocycles. The van der Waals surface area contributed by atoms with Gasteiger partial charge >= 0.3 is 0 Å². The highest BCUT2D eigenvalue weighted by Gasteiger charge is 2.22. The summed E-state index contributed by atoms with van der Waals surface area (Å²) in [5.74, 6) is 0. The van der Waals surface area contributed by atoms with Gasteiger partial charge in [0.2, 0.25) is 0 Å². The van der Waals surface area contributed by atoms with Crippen molar-refractivity contribution in [3.63, 3.8) is 0 Å². The predicted molar refractivity (Wildman–Crippen MR) is 82.7 cm³/mol. The number of hydrogen-bond acceptors (Lipinski definition) is 2. The molecule has 4 heteroatoms. The Hall–Kier alpha value is -0.280. The van der Waals surface area contributed by atoms with Gasteiger partial charge in [-0.2, -0.15) is 0 Å². The fourth-order valence-electron chi connectivity index (χ4n) is 2.53. The van der Waals surface area contributed by atoms with Crippen molar-refractivity contribution >= 4 is 24.8 Å². The van der Waals surface area contributed by atoms with E-state index in [-0.39, 0.29) is 24.8 Å². The number of halogens is 2. The van der Waals surface area contributed by atoms with Gasteiger partial charge in [-0.1, -0.05) is 43.2 Å². The molecule has 3 atom stereocenters. The van der Waals surface area contributed by atoms with E-state index in [0.29, 0.717) is 18.1 Å². The van der Waals surface area contributed by atoms with Crippen LogP contribution in [0.2, 0.25) is 0 Å². The van der Waals surface area contributed by atoms with E-state index in [1.165, 1.54) is 31.2 Å². The van der Waals surface area contributed by atoms with Crippen molar-refractivity contribution in [3.8, 4) is 0 Å². The SMILES string of the molecule is CC(N[C@H]1CCCC[C@@H]1N)c1ccccc1.Cl.Cl. The smallest absolute Gasteiger partial charge is 0.0294 e. The minimum absolute atomic E-state index is 0. The first-order valence-corrected chi connectivity index (χ1v) is 6.34. The van der Waals surface area contributed by atoms with Gasteiger partial charge in [0.15, 0.2) is 0 Å². The van der Waals surface area contributed by atoms with Crippen LogP contribution in [0.25, 0.3) is 0 Å². The molecule has 1 aliphatic carbocycles. The molecule has 0 spiro atoms. The number of nitrogens with one attached hydrogen (secondary N) is 1. The summed E-state index contributed by atoms with van der Waals surface area (Å²) >= 11 is 0. The van der Waals surface area contributed by atoms with Crippen molar-refractivity contribution in [1.82, 2.24) is 5.32 Å². The topological polar surface area (TPSA) is 38.0 Å². The number of hydrogen-bond donors (Lipinski definition) is 2. The number of nitrogens with two attached hydrogens (primary N) is 1. The highest BCUT2D eigenvalue weighted by Crippen LogP contribution is 2.20. The summed E-state index contributed by atoms with van der Waals surface area (Å²) in [6.07, 6.45) is 4.99. The fourth-order valence-corrected chi connectivity index (χ4v) is 2.53. The molecule has 0 radical (unpaired) electrons. The third-order valence-electron chi connectivity index (χ3n) is 3.58. The van der Waals surface area contributed by atoms with Crippen molar-refractivity contribution in [2.45, 2.75) is 50.7 Å². The van der Waals surface area contributed by atoms with Crippen LogP contribution in [0.4, 0.5) is 0 Å². The van der Waals surface area contributed by atoms with E-state index in [4.69, 9.17) is 5.73 Å². The van der Waals surface area contributed by atoms with Gasteiger partial charge in [0.25, 0.3) is 0 Å². The summed E-state index contributed by atoms with van der Waals surface area (Å²) in [4.78, 5) is 0. The number of benzene rings is 1. The van der Waals surface area contributed by atoms with Crippen LogP contribution in [-0.2, 0) is 0 Å². The van der Waals surface area contributed by atoms with Crippen molar-refractivity contribution < 1.29 is 0 Å². The van der Waals surface area contributed by atoms with Gasteiger partial charge in [-0.05, 0) is 25.3 Å². The molecule has 1 aliphatic rings. The average Bonchev–Trinajstić information content (AvgIpc) is 2.33. The molecule has 1 aromatic carbocycles. The maximum atomic E-state index is 6.14. The van der Waals surface area contributed by atoms with Crippen LogP contribution >= 0.6 is 24.8 Å². The lowest BCUT2D eigenvalue weighted by Crippen LogP contribution is -2.47. The third kappa shape index (κ3) is 4.77. The summed E-state index contributed by atoms with van der Waals surface area (Å²) in [6, 6.07) is 11.8. The average molecular weight is 291 g/mol. The van der Waals surface area contributed by atoms with Crippen LogP contribution < -0.4 is 11.1 Å². The lowest BCUT2D eigenvalue weighted by atomic mass is 9.90. The molecule has 1 unspecified atom stereocenters. The first kappa shape index (κ1) is 17.7. The quantitative estimate of drug-likeness (QED) is 0.895. The highest BCUT2D eigenvalue weighted by molar-refractivity contribution is 5.85. The first-order chi connectivity index (χ1) is 7.77. The summed E-state index contributed by atoms with van der Waals surface area (Å²) in [5, 5.41) is 3.66. The van der Waals surface area contributed by atoms with E-state index >= 15 is 0 Å². The normalized spacial score (nSPS) is 24.6. The van der Waals surface area contributed by atoms with Crippen molar-refractivity contribution in [3.05, 3.63) is 35.9 Å². The maximum absolute atomic E-state index is 6.14. The zero-order valence-electron chi connectivity index (χ0n) is 10.8. The summed E-state index contributed by atoms with van der Waals surface area (Å²) in [5.41, 5.74) is 7.49. The molecule has 0 bridgehead atoms. The standard InChI is InChI=1S/C14H22N2.2ClH/c1-11(12-7-3-2-4-8-12)16-14-10-6-5-9-13(14)15;;/h2-4,7-8,11,13-14,16H,5-6,9-10,15H2,1H3;2*1H/t11?,13-,14-;;/m0../s1. The van der Waals surface area contributed by atoms with Crippen molar-refractivity contribution in [2.75, 3.05) is 0 Å². The lowest BCUT2D eigenvalue weighted by molar-refractivity contribution is 0.307. The molecule has 1 fully saturated rings. The molecule has 0 aliphatic heterocycles. The molecular weight excluding hydrogens is 267 g/mol. The third-order valence-corrected chi connectivity index (χ3v) is 3.58. The maximum Gasteiger partial charge on any atom is 0.0294 e. The molecule has 2 rings (SSSR count). The molecule has 104 valence electrons. The Kier molecular flexibility index (Phi) is 8.62. The summed E-state index contributed by atoms with van der Waals surface area (Å²) in [6.45, 7) is 2.22. The van der Waals surface area contributed by atoms with Gasteiger partial charge in [0, 0.05) is 18.1 Å². The zero-order valence-corrected chi connectivity index (χ0v) is 12.5. The van der Waals surface area contributed by atoms with Crippen LogP contribution in [0.3, 0.4) is 0 Å². The van der Waals surface area contributed by atoms with Gasteiger partial charge in [-0.15, -0.1) is 24.8 Å². The van der Waals surface area contributed by atoms with E-state index in [1.807, 2.05) is 0 Å². The van der Waals surface area contributed by atoms with Gasteiger partial charge in [0.1, 0.15) is 0 Å². The van der Waals surface area contributed by atoms with E-state index in [1.54, 1.807) is 0 Å². The summed E-state index contributed by atoms with van der Waals surface area (Å²) < 4.78 is 0.